The van der Waals surface area contributed by atoms with Crippen LogP contribution in [0.3, 0.4) is 0 Å². The Morgan fingerprint density at radius 3 is 2.76 bits per heavy atom. The lowest BCUT2D eigenvalue weighted by Gasteiger charge is -2.16. The van der Waals surface area contributed by atoms with Crippen molar-refractivity contribution in [2.75, 3.05) is 20.3 Å². The van der Waals surface area contributed by atoms with Crippen LogP contribution in [0.2, 0.25) is 0 Å². The lowest BCUT2D eigenvalue weighted by Crippen LogP contribution is -2.28. The van der Waals surface area contributed by atoms with Crippen molar-refractivity contribution < 1.29 is 14.2 Å². The van der Waals surface area contributed by atoms with Gasteiger partial charge in [-0.25, -0.2) is 5.43 Å². The maximum Gasteiger partial charge on any atom is 0.161 e. The second kappa shape index (κ2) is 6.34. The molecule has 0 saturated carbocycles. The van der Waals surface area contributed by atoms with Gasteiger partial charge in [0.05, 0.1) is 26.4 Å². The number of methoxy groups -OCH3 is 1. The van der Waals surface area contributed by atoms with Crippen LogP contribution in [0.5, 0.6) is 17.2 Å². The maximum atomic E-state index is 5.74. The summed E-state index contributed by atoms with van der Waals surface area (Å²) in [6.07, 6.45) is 0.894. The van der Waals surface area contributed by atoms with Gasteiger partial charge in [0.15, 0.2) is 11.5 Å². The van der Waals surface area contributed by atoms with Crippen molar-refractivity contribution in [1.29, 1.82) is 0 Å². The van der Waals surface area contributed by atoms with Gasteiger partial charge >= 0.3 is 0 Å². The minimum atomic E-state index is -0.101. The molecule has 1 aromatic heterocycles. The van der Waals surface area contributed by atoms with Crippen LogP contribution in [0.15, 0.2) is 29.6 Å². The Morgan fingerprint density at radius 1 is 1.24 bits per heavy atom. The van der Waals surface area contributed by atoms with Crippen molar-refractivity contribution in [3.8, 4) is 17.2 Å². The van der Waals surface area contributed by atoms with Crippen LogP contribution in [0.1, 0.15) is 22.9 Å². The number of thiophene rings is 1. The van der Waals surface area contributed by atoms with Gasteiger partial charge in [0, 0.05) is 16.7 Å². The van der Waals surface area contributed by atoms with Crippen molar-refractivity contribution in [3.05, 3.63) is 40.1 Å². The van der Waals surface area contributed by atoms with E-state index in [0.717, 1.165) is 34.1 Å². The number of hydrogen-bond donors (Lipinski definition) is 2. The van der Waals surface area contributed by atoms with Crippen LogP contribution in [0.4, 0.5) is 0 Å². The summed E-state index contributed by atoms with van der Waals surface area (Å²) < 4.78 is 16.6. The number of nitrogens with two attached hydrogens (primary N) is 1. The molecule has 2 heterocycles. The van der Waals surface area contributed by atoms with E-state index in [4.69, 9.17) is 20.1 Å². The van der Waals surface area contributed by atoms with Gasteiger partial charge in [-0.3, -0.25) is 5.84 Å². The average Bonchev–Trinajstić information content (AvgIpc) is 2.86. The minimum absolute atomic E-state index is 0.101. The first kappa shape index (κ1) is 14.2. The Hall–Kier alpha value is -1.76. The van der Waals surface area contributed by atoms with E-state index < -0.39 is 0 Å². The van der Waals surface area contributed by atoms with Crippen LogP contribution in [-0.4, -0.2) is 20.3 Å². The molecule has 0 aliphatic carbocycles. The standard InChI is InChI=1S/C15H18N2O3S/c1-18-11-8-14(21-9-11)15(17-16)10-3-4-12-13(7-10)20-6-2-5-19-12/h3-4,7-9,15,17H,2,5-6,16H2,1H3. The Morgan fingerprint density at radius 2 is 2.05 bits per heavy atom. The van der Waals surface area contributed by atoms with Crippen molar-refractivity contribution in [1.82, 2.24) is 5.43 Å². The van der Waals surface area contributed by atoms with Crippen molar-refractivity contribution in [3.63, 3.8) is 0 Å². The second-order valence-electron chi connectivity index (χ2n) is 4.75. The summed E-state index contributed by atoms with van der Waals surface area (Å²) in [5.74, 6) is 8.14. The molecule has 2 aromatic rings. The van der Waals surface area contributed by atoms with Gasteiger partial charge in [0.1, 0.15) is 5.75 Å². The topological polar surface area (TPSA) is 65.7 Å². The molecule has 0 bridgehead atoms. The van der Waals surface area contributed by atoms with Crippen LogP contribution in [0, 0.1) is 0 Å². The molecular formula is C15H18N2O3S. The highest BCUT2D eigenvalue weighted by atomic mass is 32.1. The number of rotatable bonds is 4. The van der Waals surface area contributed by atoms with E-state index in [-0.39, 0.29) is 6.04 Å². The Balaban J connectivity index is 1.91. The molecule has 0 spiro atoms. The van der Waals surface area contributed by atoms with Gasteiger partial charge in [0.2, 0.25) is 0 Å². The quantitative estimate of drug-likeness (QED) is 0.671. The highest BCUT2D eigenvalue weighted by molar-refractivity contribution is 7.10. The third-order valence-corrected chi connectivity index (χ3v) is 4.36. The molecule has 5 nitrogen and oxygen atoms in total. The molecule has 1 aromatic carbocycles. The number of ether oxygens (including phenoxy) is 3. The Kier molecular flexibility index (Phi) is 4.28. The van der Waals surface area contributed by atoms with E-state index in [0.29, 0.717) is 13.2 Å². The molecule has 0 saturated heterocycles. The summed E-state index contributed by atoms with van der Waals surface area (Å²) in [5, 5.41) is 1.96. The normalized spacial score (nSPS) is 15.3. The van der Waals surface area contributed by atoms with Crippen LogP contribution in [0.25, 0.3) is 0 Å². The van der Waals surface area contributed by atoms with E-state index in [2.05, 4.69) is 5.43 Å². The SMILES string of the molecule is COc1csc(C(NN)c2ccc3c(c2)OCCCO3)c1. The summed E-state index contributed by atoms with van der Waals surface area (Å²) in [5.41, 5.74) is 3.89. The molecule has 1 unspecified atom stereocenters. The molecule has 0 amide bonds. The minimum Gasteiger partial charge on any atom is -0.496 e. The summed E-state index contributed by atoms with van der Waals surface area (Å²) >= 11 is 1.60. The number of nitrogens with one attached hydrogen (secondary N) is 1. The van der Waals surface area contributed by atoms with Gasteiger partial charge in [-0.2, -0.15) is 0 Å². The fourth-order valence-corrected chi connectivity index (χ4v) is 3.24. The number of hydrogen-bond acceptors (Lipinski definition) is 6. The highest BCUT2D eigenvalue weighted by Gasteiger charge is 2.18. The van der Waals surface area contributed by atoms with Crippen LogP contribution >= 0.6 is 11.3 Å². The predicted molar refractivity (Wildman–Crippen MR) is 82.1 cm³/mol. The fourth-order valence-electron chi connectivity index (χ4n) is 2.29. The largest absolute Gasteiger partial charge is 0.496 e. The smallest absolute Gasteiger partial charge is 0.161 e. The van der Waals surface area contributed by atoms with Crippen molar-refractivity contribution in [2.45, 2.75) is 12.5 Å². The zero-order valence-electron chi connectivity index (χ0n) is 11.8. The van der Waals surface area contributed by atoms with Crippen molar-refractivity contribution in [2.24, 2.45) is 5.84 Å². The number of hydrazine groups is 1. The third-order valence-electron chi connectivity index (χ3n) is 3.39. The van der Waals surface area contributed by atoms with E-state index >= 15 is 0 Å². The Bertz CT molecular complexity index is 615. The van der Waals surface area contributed by atoms with Gasteiger partial charge in [-0.1, -0.05) is 6.07 Å². The molecule has 1 aliphatic heterocycles. The van der Waals surface area contributed by atoms with E-state index in [1.807, 2.05) is 29.6 Å². The first-order valence-electron chi connectivity index (χ1n) is 6.80. The highest BCUT2D eigenvalue weighted by Crippen LogP contribution is 2.36. The maximum absolute atomic E-state index is 5.74. The molecule has 112 valence electrons. The summed E-state index contributed by atoms with van der Waals surface area (Å²) in [6.45, 7) is 1.36. The first-order chi connectivity index (χ1) is 10.3. The van der Waals surface area contributed by atoms with Crippen LogP contribution < -0.4 is 25.5 Å². The molecule has 3 N–H and O–H groups in total. The van der Waals surface area contributed by atoms with E-state index in [1.165, 1.54) is 0 Å². The number of fused-ring (bicyclic) bond motifs is 1. The fraction of sp³-hybridized carbons (Fsp3) is 0.333. The first-order valence-corrected chi connectivity index (χ1v) is 7.68. The Labute approximate surface area is 127 Å². The molecule has 1 atom stereocenters. The predicted octanol–water partition coefficient (Wildman–Crippen LogP) is 2.47. The zero-order valence-corrected chi connectivity index (χ0v) is 12.6. The molecule has 0 fully saturated rings. The molecule has 1 aliphatic rings. The second-order valence-corrected chi connectivity index (χ2v) is 5.69. The monoisotopic (exact) mass is 306 g/mol. The molecule has 6 heteroatoms. The molecule has 21 heavy (non-hydrogen) atoms. The average molecular weight is 306 g/mol. The lowest BCUT2D eigenvalue weighted by molar-refractivity contribution is 0.297. The number of benzene rings is 1. The van der Waals surface area contributed by atoms with Crippen LogP contribution in [-0.2, 0) is 0 Å². The lowest BCUT2D eigenvalue weighted by atomic mass is 10.1. The summed E-state index contributed by atoms with van der Waals surface area (Å²) in [4.78, 5) is 1.09. The zero-order chi connectivity index (χ0) is 14.7. The molecular weight excluding hydrogens is 288 g/mol. The summed E-state index contributed by atoms with van der Waals surface area (Å²) in [6, 6.07) is 7.81. The van der Waals surface area contributed by atoms with Gasteiger partial charge in [-0.05, 0) is 23.8 Å². The van der Waals surface area contributed by atoms with Crippen molar-refractivity contribution >= 4 is 11.3 Å². The van der Waals surface area contributed by atoms with Gasteiger partial charge in [-0.15, -0.1) is 11.3 Å². The third kappa shape index (κ3) is 2.97. The summed E-state index contributed by atoms with van der Waals surface area (Å²) in [7, 11) is 1.66. The molecule has 0 radical (unpaired) electrons. The van der Waals surface area contributed by atoms with Gasteiger partial charge < -0.3 is 14.2 Å². The molecule has 3 rings (SSSR count). The van der Waals surface area contributed by atoms with E-state index in [1.54, 1.807) is 18.4 Å². The van der Waals surface area contributed by atoms with E-state index in [9.17, 15) is 0 Å². The van der Waals surface area contributed by atoms with Gasteiger partial charge in [0.25, 0.3) is 0 Å².